The Kier molecular flexibility index (Phi) is 5.21. The lowest BCUT2D eigenvalue weighted by Gasteiger charge is -2.28. The molecule has 3 aliphatic rings. The minimum absolute atomic E-state index is 0.107. The molecule has 2 aliphatic heterocycles. The summed E-state index contributed by atoms with van der Waals surface area (Å²) >= 11 is 0. The average molecular weight is 396 g/mol. The standard InChI is InChI=1S/C16H18N4O.C2HF3O2/c17-11-16(5-6-16)12-1-3-13(4-2-12)20-10-14-9-18-7-8-19(14)15(20)21;3-2(4,5)1(6)7/h1-4,14,18H,5-10H2;(H,6,7)/t14-;/m0./s1. The van der Waals surface area contributed by atoms with E-state index in [0.29, 0.717) is 0 Å². The summed E-state index contributed by atoms with van der Waals surface area (Å²) in [6.07, 6.45) is -3.18. The van der Waals surface area contributed by atoms with E-state index in [4.69, 9.17) is 9.90 Å². The molecule has 2 N–H and O–H groups in total. The molecule has 0 unspecified atom stereocenters. The normalized spacial score (nSPS) is 22.6. The van der Waals surface area contributed by atoms with E-state index in [9.17, 15) is 23.2 Å². The number of amides is 2. The molecule has 0 radical (unpaired) electrons. The van der Waals surface area contributed by atoms with Crippen LogP contribution in [0, 0.1) is 11.3 Å². The maximum absolute atomic E-state index is 12.5. The number of carboxylic acid groups (broad SMARTS) is 1. The highest BCUT2D eigenvalue weighted by Crippen LogP contribution is 2.47. The van der Waals surface area contributed by atoms with Crippen LogP contribution in [0.1, 0.15) is 18.4 Å². The lowest BCUT2D eigenvalue weighted by atomic mass is 9.97. The van der Waals surface area contributed by atoms with Gasteiger partial charge in [0.15, 0.2) is 0 Å². The van der Waals surface area contributed by atoms with Crippen molar-refractivity contribution in [2.75, 3.05) is 31.1 Å². The molecule has 1 saturated carbocycles. The molecule has 0 spiro atoms. The number of alkyl halides is 3. The number of hydrogen-bond donors (Lipinski definition) is 2. The van der Waals surface area contributed by atoms with E-state index in [1.165, 1.54) is 0 Å². The highest BCUT2D eigenvalue weighted by molar-refractivity contribution is 5.94. The fourth-order valence-corrected chi connectivity index (χ4v) is 3.39. The fraction of sp³-hybridized carbons (Fsp3) is 0.500. The molecule has 1 aliphatic carbocycles. The van der Waals surface area contributed by atoms with Gasteiger partial charge in [0.25, 0.3) is 0 Å². The number of benzene rings is 1. The number of nitriles is 1. The first-order valence-corrected chi connectivity index (χ1v) is 8.79. The molecule has 28 heavy (non-hydrogen) atoms. The van der Waals surface area contributed by atoms with Crippen LogP contribution in [0.25, 0.3) is 0 Å². The van der Waals surface area contributed by atoms with Gasteiger partial charge in [0, 0.05) is 31.9 Å². The number of fused-ring (bicyclic) bond motifs is 1. The summed E-state index contributed by atoms with van der Waals surface area (Å²) < 4.78 is 31.7. The number of carboxylic acids is 1. The summed E-state index contributed by atoms with van der Waals surface area (Å²) in [4.78, 5) is 25.2. The average Bonchev–Trinajstić information content (AvgIpc) is 3.40. The van der Waals surface area contributed by atoms with Gasteiger partial charge in [0.1, 0.15) is 0 Å². The molecule has 0 bridgehead atoms. The summed E-state index contributed by atoms with van der Waals surface area (Å²) in [6.45, 7) is 3.28. The van der Waals surface area contributed by atoms with Crippen molar-refractivity contribution in [1.82, 2.24) is 10.2 Å². The number of carbonyl (C=O) groups is 2. The highest BCUT2D eigenvalue weighted by atomic mass is 19.4. The van der Waals surface area contributed by atoms with Gasteiger partial charge in [-0.15, -0.1) is 0 Å². The van der Waals surface area contributed by atoms with Crippen LogP contribution in [0.4, 0.5) is 23.7 Å². The quantitative estimate of drug-likeness (QED) is 0.798. The highest BCUT2D eigenvalue weighted by Gasteiger charge is 2.45. The Morgan fingerprint density at radius 2 is 1.89 bits per heavy atom. The van der Waals surface area contributed by atoms with Gasteiger partial charge in [-0.3, -0.25) is 4.90 Å². The Morgan fingerprint density at radius 3 is 2.36 bits per heavy atom. The molecule has 2 heterocycles. The molecule has 150 valence electrons. The van der Waals surface area contributed by atoms with Gasteiger partial charge >= 0.3 is 18.2 Å². The molecule has 10 heteroatoms. The molecule has 2 amide bonds. The zero-order valence-corrected chi connectivity index (χ0v) is 14.9. The van der Waals surface area contributed by atoms with E-state index in [1.807, 2.05) is 34.1 Å². The van der Waals surface area contributed by atoms with Gasteiger partial charge in [-0.1, -0.05) is 12.1 Å². The number of urea groups is 1. The fourth-order valence-electron chi connectivity index (χ4n) is 3.39. The van der Waals surface area contributed by atoms with Crippen LogP contribution in [0.2, 0.25) is 0 Å². The second-order valence-electron chi connectivity index (χ2n) is 6.99. The lowest BCUT2D eigenvalue weighted by Crippen LogP contribution is -2.49. The lowest BCUT2D eigenvalue weighted by molar-refractivity contribution is -0.192. The number of aliphatic carboxylic acids is 1. The predicted octanol–water partition coefficient (Wildman–Crippen LogP) is 2.09. The van der Waals surface area contributed by atoms with Crippen molar-refractivity contribution >= 4 is 17.7 Å². The molecule has 7 nitrogen and oxygen atoms in total. The molecule has 1 aromatic carbocycles. The number of nitrogens with zero attached hydrogens (tertiary/aromatic N) is 3. The monoisotopic (exact) mass is 396 g/mol. The second-order valence-corrected chi connectivity index (χ2v) is 6.99. The number of halogens is 3. The third kappa shape index (κ3) is 3.89. The zero-order valence-electron chi connectivity index (χ0n) is 14.9. The third-order valence-electron chi connectivity index (χ3n) is 5.16. The van der Waals surface area contributed by atoms with E-state index in [-0.39, 0.29) is 17.5 Å². The minimum Gasteiger partial charge on any atom is -0.475 e. The Balaban J connectivity index is 0.000000279. The first-order valence-electron chi connectivity index (χ1n) is 8.79. The van der Waals surface area contributed by atoms with Crippen molar-refractivity contribution in [1.29, 1.82) is 5.26 Å². The summed E-state index contributed by atoms with van der Waals surface area (Å²) in [7, 11) is 0. The number of carbonyl (C=O) groups excluding carboxylic acids is 1. The van der Waals surface area contributed by atoms with Gasteiger partial charge in [-0.2, -0.15) is 18.4 Å². The van der Waals surface area contributed by atoms with Gasteiger partial charge < -0.3 is 15.3 Å². The smallest absolute Gasteiger partial charge is 0.475 e. The van der Waals surface area contributed by atoms with Crippen molar-refractivity contribution in [3.8, 4) is 6.07 Å². The summed E-state index contributed by atoms with van der Waals surface area (Å²) in [6, 6.07) is 10.8. The predicted molar refractivity (Wildman–Crippen MR) is 92.8 cm³/mol. The van der Waals surface area contributed by atoms with Gasteiger partial charge in [-0.05, 0) is 30.5 Å². The van der Waals surface area contributed by atoms with Crippen molar-refractivity contribution in [3.63, 3.8) is 0 Å². The Bertz CT molecular complexity index is 800. The molecule has 2 saturated heterocycles. The molecular formula is C18H19F3N4O3. The Hall–Kier alpha value is -2.80. The van der Waals surface area contributed by atoms with Crippen molar-refractivity contribution in [2.24, 2.45) is 0 Å². The number of nitrogens with one attached hydrogen (secondary N) is 1. The molecule has 0 aromatic heterocycles. The molecule has 1 aromatic rings. The van der Waals surface area contributed by atoms with Gasteiger partial charge in [-0.25, -0.2) is 9.59 Å². The maximum atomic E-state index is 12.5. The van der Waals surface area contributed by atoms with Crippen LogP contribution in [0.5, 0.6) is 0 Å². The largest absolute Gasteiger partial charge is 0.490 e. The summed E-state index contributed by atoms with van der Waals surface area (Å²) in [5.41, 5.74) is 1.77. The summed E-state index contributed by atoms with van der Waals surface area (Å²) in [5, 5.41) is 19.7. The number of rotatable bonds is 2. The van der Waals surface area contributed by atoms with Crippen LogP contribution < -0.4 is 10.2 Å². The van der Waals surface area contributed by atoms with Crippen LogP contribution in [-0.2, 0) is 10.2 Å². The van der Waals surface area contributed by atoms with Crippen molar-refractivity contribution in [3.05, 3.63) is 29.8 Å². The number of piperazine rings is 1. The molecular weight excluding hydrogens is 377 g/mol. The van der Waals surface area contributed by atoms with E-state index >= 15 is 0 Å². The van der Waals surface area contributed by atoms with E-state index in [2.05, 4.69) is 11.4 Å². The minimum atomic E-state index is -5.08. The van der Waals surface area contributed by atoms with Gasteiger partial charge in [0.05, 0.1) is 17.5 Å². The van der Waals surface area contributed by atoms with E-state index < -0.39 is 12.1 Å². The van der Waals surface area contributed by atoms with Crippen LogP contribution >= 0.6 is 0 Å². The first-order chi connectivity index (χ1) is 13.2. The van der Waals surface area contributed by atoms with Crippen molar-refractivity contribution < 1.29 is 27.9 Å². The SMILES string of the molecule is N#CC1(c2ccc(N3C[C@@H]4CNCCN4C3=O)cc2)CC1.O=C(O)C(F)(F)F. The zero-order chi connectivity index (χ0) is 20.5. The van der Waals surface area contributed by atoms with Crippen LogP contribution in [0.3, 0.4) is 0 Å². The number of anilines is 1. The van der Waals surface area contributed by atoms with E-state index in [0.717, 1.165) is 50.3 Å². The third-order valence-corrected chi connectivity index (χ3v) is 5.16. The number of hydrogen-bond acceptors (Lipinski definition) is 4. The Morgan fingerprint density at radius 1 is 1.29 bits per heavy atom. The molecule has 3 fully saturated rings. The maximum Gasteiger partial charge on any atom is 0.490 e. The first kappa shape index (κ1) is 19.9. The molecule has 4 rings (SSSR count). The van der Waals surface area contributed by atoms with Gasteiger partial charge in [0.2, 0.25) is 0 Å². The summed E-state index contributed by atoms with van der Waals surface area (Å²) in [5.74, 6) is -2.76. The second kappa shape index (κ2) is 7.31. The van der Waals surface area contributed by atoms with E-state index in [1.54, 1.807) is 0 Å². The Labute approximate surface area is 159 Å². The topological polar surface area (TPSA) is 96.7 Å². The van der Waals surface area contributed by atoms with Crippen LogP contribution in [0.15, 0.2) is 24.3 Å². The van der Waals surface area contributed by atoms with Crippen LogP contribution in [-0.4, -0.2) is 60.4 Å². The van der Waals surface area contributed by atoms with Crippen molar-refractivity contribution in [2.45, 2.75) is 30.5 Å². The molecule has 1 atom stereocenters.